The highest BCUT2D eigenvalue weighted by atomic mass is 16.4. The van der Waals surface area contributed by atoms with Crippen molar-refractivity contribution in [3.8, 4) is 6.07 Å². The number of hydrogen-bond acceptors (Lipinski definition) is 8. The average Bonchev–Trinajstić information content (AvgIpc) is 2.92. The van der Waals surface area contributed by atoms with Crippen LogP contribution in [-0.2, 0) is 19.2 Å². The lowest BCUT2D eigenvalue weighted by Gasteiger charge is -2.27. The minimum absolute atomic E-state index is 0.0140. The van der Waals surface area contributed by atoms with E-state index in [9.17, 15) is 39.6 Å². The summed E-state index contributed by atoms with van der Waals surface area (Å²) in [6, 6.07) is 7.38. The largest absolute Gasteiger partial charge is 0.453 e. The number of hydrogen-bond donors (Lipinski definition) is 7. The molecule has 42 heavy (non-hydrogen) atoms. The lowest BCUT2D eigenvalue weighted by molar-refractivity contribution is -0.135. The van der Waals surface area contributed by atoms with Gasteiger partial charge in [0.15, 0.2) is 0 Å². The summed E-state index contributed by atoms with van der Waals surface area (Å²) in [7, 11) is -1.71. The van der Waals surface area contributed by atoms with Crippen molar-refractivity contribution >= 4 is 30.7 Å². The second-order valence-corrected chi connectivity index (χ2v) is 10.8. The van der Waals surface area contributed by atoms with E-state index >= 15 is 0 Å². The van der Waals surface area contributed by atoms with Crippen LogP contribution in [0, 0.1) is 23.2 Å². The van der Waals surface area contributed by atoms with E-state index in [0.717, 1.165) is 0 Å². The van der Waals surface area contributed by atoms with E-state index in [2.05, 4.69) is 21.3 Å². The number of nitrogens with one attached hydrogen (secondary N) is 4. The standard InChI is InChI=1S/C29H44BN5O7/c1-18(2)15-22(17-31)27(38)32-14-10-9-13-23(33-29(40)25(20(5)36)35-26(37)19(3)4)28(39)34-24(16-30(41)42)21-11-7-6-8-12-21/h6-8,11-12,15,18-20,23-25,36,41-42H,9-10,13-14,16H2,1-5H3,(H,32,38)(H,33,40)(H,34,39)(H,35,37)/t20-,23+,24-,25+/m1/s1. The molecule has 0 heterocycles. The van der Waals surface area contributed by atoms with E-state index in [1.54, 1.807) is 50.3 Å². The molecule has 4 atom stereocenters. The van der Waals surface area contributed by atoms with Gasteiger partial charge in [0.1, 0.15) is 23.7 Å². The van der Waals surface area contributed by atoms with Crippen LogP contribution in [0.25, 0.3) is 0 Å². The van der Waals surface area contributed by atoms with Gasteiger partial charge in [-0.25, -0.2) is 0 Å². The van der Waals surface area contributed by atoms with Gasteiger partial charge in [-0.2, -0.15) is 5.26 Å². The number of aliphatic hydroxyl groups is 1. The molecule has 1 aromatic rings. The van der Waals surface area contributed by atoms with Crippen molar-refractivity contribution in [2.45, 2.75) is 84.4 Å². The molecule has 0 saturated carbocycles. The van der Waals surface area contributed by atoms with Crippen molar-refractivity contribution in [2.24, 2.45) is 11.8 Å². The Balaban J connectivity index is 3.04. The topological polar surface area (TPSA) is 201 Å². The van der Waals surface area contributed by atoms with E-state index in [4.69, 9.17) is 0 Å². The van der Waals surface area contributed by atoms with Crippen LogP contribution in [0.4, 0.5) is 0 Å². The Kier molecular flexibility index (Phi) is 16.1. The second kappa shape index (κ2) is 18.7. The minimum atomic E-state index is -1.71. The molecule has 0 bridgehead atoms. The Morgan fingerprint density at radius 1 is 0.929 bits per heavy atom. The van der Waals surface area contributed by atoms with E-state index in [1.165, 1.54) is 6.92 Å². The number of benzene rings is 1. The monoisotopic (exact) mass is 585 g/mol. The van der Waals surface area contributed by atoms with Gasteiger partial charge >= 0.3 is 7.12 Å². The van der Waals surface area contributed by atoms with E-state index in [-0.39, 0.29) is 30.8 Å². The van der Waals surface area contributed by atoms with Gasteiger partial charge in [-0.3, -0.25) is 19.2 Å². The van der Waals surface area contributed by atoms with Gasteiger partial charge in [0.05, 0.1) is 12.1 Å². The minimum Gasteiger partial charge on any atom is -0.427 e. The van der Waals surface area contributed by atoms with Crippen LogP contribution >= 0.6 is 0 Å². The summed E-state index contributed by atoms with van der Waals surface area (Å²) in [5.74, 6) is -2.73. The molecule has 0 aromatic heterocycles. The lowest BCUT2D eigenvalue weighted by Crippen LogP contribution is -2.57. The van der Waals surface area contributed by atoms with Gasteiger partial charge in [0, 0.05) is 18.8 Å². The van der Waals surface area contributed by atoms with Crippen LogP contribution in [-0.4, -0.2) is 70.6 Å². The molecule has 0 fully saturated rings. The predicted octanol–water partition coefficient (Wildman–Crippen LogP) is 0.716. The number of unbranched alkanes of at least 4 members (excludes halogenated alkanes) is 1. The van der Waals surface area contributed by atoms with Gasteiger partial charge in [-0.15, -0.1) is 0 Å². The normalized spacial score (nSPS) is 14.3. The summed E-state index contributed by atoms with van der Waals surface area (Å²) in [5.41, 5.74) is 0.640. The van der Waals surface area contributed by atoms with Crippen molar-refractivity contribution in [3.05, 3.63) is 47.5 Å². The third kappa shape index (κ3) is 13.3. The number of amides is 4. The molecule has 4 amide bonds. The van der Waals surface area contributed by atoms with Crippen molar-refractivity contribution in [1.29, 1.82) is 5.26 Å². The Bertz CT molecular complexity index is 1100. The van der Waals surface area contributed by atoms with Crippen molar-refractivity contribution in [1.82, 2.24) is 21.3 Å². The molecule has 1 aromatic carbocycles. The van der Waals surface area contributed by atoms with Crippen LogP contribution in [0.3, 0.4) is 0 Å². The zero-order valence-corrected chi connectivity index (χ0v) is 25.0. The average molecular weight is 586 g/mol. The SMILES string of the molecule is CC(C)C=C(C#N)C(=O)NCCCC[C@H](NC(=O)[C@@H](NC(=O)C(C)C)[C@@H](C)O)C(=O)N[C@H](CB(O)O)c1ccccc1. The molecule has 0 aliphatic rings. The van der Waals surface area contributed by atoms with Crippen molar-refractivity contribution in [3.63, 3.8) is 0 Å². The summed E-state index contributed by atoms with van der Waals surface area (Å²) in [5, 5.41) is 49.1. The molecule has 7 N–H and O–H groups in total. The first kappa shape index (κ1) is 36.3. The maximum absolute atomic E-state index is 13.4. The van der Waals surface area contributed by atoms with Gasteiger partial charge in [-0.1, -0.05) is 64.1 Å². The highest BCUT2D eigenvalue weighted by molar-refractivity contribution is 6.41. The Morgan fingerprint density at radius 2 is 1.57 bits per heavy atom. The maximum atomic E-state index is 13.4. The fraction of sp³-hybridized carbons (Fsp3) is 0.552. The van der Waals surface area contributed by atoms with E-state index < -0.39 is 60.9 Å². The molecule has 0 radical (unpaired) electrons. The number of carbonyl (C=O) groups is 4. The van der Waals surface area contributed by atoms with Crippen molar-refractivity contribution in [2.75, 3.05) is 6.54 Å². The predicted molar refractivity (Wildman–Crippen MR) is 158 cm³/mol. The molecule has 0 unspecified atom stereocenters. The second-order valence-electron chi connectivity index (χ2n) is 10.8. The number of aliphatic hydroxyl groups excluding tert-OH is 1. The smallest absolute Gasteiger partial charge is 0.427 e. The molecule has 0 saturated heterocycles. The van der Waals surface area contributed by atoms with Crippen LogP contribution in [0.2, 0.25) is 6.32 Å². The van der Waals surface area contributed by atoms with Gasteiger partial charge in [0.25, 0.3) is 5.91 Å². The van der Waals surface area contributed by atoms with Gasteiger partial charge in [0.2, 0.25) is 17.7 Å². The molecule has 1 rings (SSSR count). The summed E-state index contributed by atoms with van der Waals surface area (Å²) in [4.78, 5) is 51.0. The number of carbonyl (C=O) groups excluding carboxylic acids is 4. The molecule has 0 aliphatic heterocycles. The van der Waals surface area contributed by atoms with Crippen LogP contribution in [0.1, 0.15) is 65.5 Å². The quantitative estimate of drug-likeness (QED) is 0.0600. The number of nitrogens with zero attached hydrogens (tertiary/aromatic N) is 1. The number of rotatable bonds is 17. The Labute approximate surface area is 248 Å². The highest BCUT2D eigenvalue weighted by Crippen LogP contribution is 2.19. The summed E-state index contributed by atoms with van der Waals surface area (Å²) < 4.78 is 0. The molecular weight excluding hydrogens is 541 g/mol. The van der Waals surface area contributed by atoms with E-state index in [1.807, 2.05) is 19.9 Å². The number of allylic oxidation sites excluding steroid dienone is 1. The molecule has 13 heteroatoms. The first-order valence-corrected chi connectivity index (χ1v) is 14.2. The lowest BCUT2D eigenvalue weighted by atomic mass is 9.79. The molecular formula is C29H44BN5O7. The fourth-order valence-corrected chi connectivity index (χ4v) is 3.97. The maximum Gasteiger partial charge on any atom is 0.453 e. The summed E-state index contributed by atoms with van der Waals surface area (Å²) in [6.45, 7) is 8.55. The first-order valence-electron chi connectivity index (χ1n) is 14.2. The first-order chi connectivity index (χ1) is 19.8. The Morgan fingerprint density at radius 3 is 2.10 bits per heavy atom. The third-order valence-corrected chi connectivity index (χ3v) is 6.26. The molecule has 0 spiro atoms. The summed E-state index contributed by atoms with van der Waals surface area (Å²) >= 11 is 0. The zero-order chi connectivity index (χ0) is 31.8. The molecule has 230 valence electrons. The van der Waals surface area contributed by atoms with Crippen LogP contribution in [0.5, 0.6) is 0 Å². The van der Waals surface area contributed by atoms with Crippen LogP contribution < -0.4 is 21.3 Å². The zero-order valence-electron chi connectivity index (χ0n) is 25.0. The molecule has 12 nitrogen and oxygen atoms in total. The fourth-order valence-electron chi connectivity index (χ4n) is 3.97. The third-order valence-electron chi connectivity index (χ3n) is 6.26. The van der Waals surface area contributed by atoms with Gasteiger partial charge in [-0.05, 0) is 37.7 Å². The summed E-state index contributed by atoms with van der Waals surface area (Å²) in [6.07, 6.45) is 1.05. The molecule has 0 aliphatic carbocycles. The van der Waals surface area contributed by atoms with E-state index in [0.29, 0.717) is 18.4 Å². The van der Waals surface area contributed by atoms with Gasteiger partial charge < -0.3 is 36.4 Å². The van der Waals surface area contributed by atoms with Crippen molar-refractivity contribution < 1.29 is 34.3 Å². The number of nitriles is 1. The van der Waals surface area contributed by atoms with Crippen LogP contribution in [0.15, 0.2) is 42.0 Å². The Hall–Kier alpha value is -3.73. The highest BCUT2D eigenvalue weighted by Gasteiger charge is 2.31.